The summed E-state index contributed by atoms with van der Waals surface area (Å²) in [4.78, 5) is 11.7. The van der Waals surface area contributed by atoms with Gasteiger partial charge in [0.15, 0.2) is 0 Å². The zero-order valence-electron chi connectivity index (χ0n) is 21.3. The van der Waals surface area contributed by atoms with Gasteiger partial charge in [-0.3, -0.25) is 4.79 Å². The van der Waals surface area contributed by atoms with Crippen LogP contribution in [-0.2, 0) is 5.41 Å². The number of aldehydes is 1. The predicted molar refractivity (Wildman–Crippen MR) is 141 cm³/mol. The van der Waals surface area contributed by atoms with Gasteiger partial charge >= 0.3 is 0 Å². The lowest BCUT2D eigenvalue weighted by Crippen LogP contribution is -2.25. The topological polar surface area (TPSA) is 26.3 Å². The molecule has 180 valence electrons. The van der Waals surface area contributed by atoms with Crippen LogP contribution in [-0.4, -0.2) is 13.4 Å². The fourth-order valence-electron chi connectivity index (χ4n) is 5.77. The lowest BCUT2D eigenvalue weighted by atomic mass is 9.70. The fourth-order valence-corrected chi connectivity index (χ4v) is 5.77. The van der Waals surface area contributed by atoms with E-state index < -0.39 is 0 Å². The largest absolute Gasteiger partial charge is 0.497 e. The smallest absolute Gasteiger partial charge is 0.150 e. The third-order valence-electron chi connectivity index (χ3n) is 7.64. The summed E-state index contributed by atoms with van der Waals surface area (Å²) in [6.45, 7) is 4.56. The van der Waals surface area contributed by atoms with Crippen molar-refractivity contribution >= 4 is 6.29 Å². The van der Waals surface area contributed by atoms with Gasteiger partial charge in [-0.2, -0.15) is 0 Å². The number of methoxy groups -OCH3 is 1. The molecule has 0 amide bonds. The van der Waals surface area contributed by atoms with E-state index in [4.69, 9.17) is 4.74 Å². The molecule has 0 unspecified atom stereocenters. The van der Waals surface area contributed by atoms with Gasteiger partial charge in [-0.05, 0) is 53.3 Å². The summed E-state index contributed by atoms with van der Waals surface area (Å²) in [5, 5.41) is 0. The molecule has 0 spiro atoms. The first-order valence-electron chi connectivity index (χ1n) is 13.5. The van der Waals surface area contributed by atoms with E-state index in [1.807, 2.05) is 6.07 Å². The van der Waals surface area contributed by atoms with Gasteiger partial charge < -0.3 is 4.74 Å². The second kappa shape index (κ2) is 13.0. The van der Waals surface area contributed by atoms with E-state index in [1.165, 1.54) is 99.3 Å². The van der Waals surface area contributed by atoms with Crippen molar-refractivity contribution in [2.45, 2.75) is 109 Å². The van der Waals surface area contributed by atoms with Crippen LogP contribution in [0.25, 0.3) is 11.1 Å². The van der Waals surface area contributed by atoms with Crippen LogP contribution >= 0.6 is 0 Å². The molecule has 0 aromatic heterocycles. The van der Waals surface area contributed by atoms with E-state index in [9.17, 15) is 4.79 Å². The van der Waals surface area contributed by atoms with Gasteiger partial charge in [-0.1, -0.05) is 109 Å². The van der Waals surface area contributed by atoms with Crippen LogP contribution in [0.2, 0.25) is 0 Å². The zero-order chi connectivity index (χ0) is 23.5. The highest BCUT2D eigenvalue weighted by Gasteiger charge is 2.42. The number of ether oxygens (including phenoxy) is 1. The molecule has 0 aliphatic heterocycles. The van der Waals surface area contributed by atoms with Crippen LogP contribution < -0.4 is 4.74 Å². The Kier molecular flexibility index (Phi) is 10.0. The molecule has 0 saturated heterocycles. The summed E-state index contributed by atoms with van der Waals surface area (Å²) in [7, 11) is 1.76. The van der Waals surface area contributed by atoms with Gasteiger partial charge in [0.05, 0.1) is 7.11 Å². The number of carbonyl (C=O) groups excluding carboxylic acids is 1. The van der Waals surface area contributed by atoms with Gasteiger partial charge in [0, 0.05) is 11.0 Å². The Balaban J connectivity index is 1.91. The molecule has 2 heteroatoms. The maximum atomic E-state index is 11.7. The average molecular weight is 449 g/mol. The molecular formula is C31H44O2. The molecule has 2 aromatic carbocycles. The first-order valence-corrected chi connectivity index (χ1v) is 13.5. The molecule has 0 saturated carbocycles. The van der Waals surface area contributed by atoms with Gasteiger partial charge in [0.25, 0.3) is 0 Å². The molecule has 0 radical (unpaired) electrons. The highest BCUT2D eigenvalue weighted by atomic mass is 16.5. The van der Waals surface area contributed by atoms with Gasteiger partial charge in [-0.15, -0.1) is 0 Å². The van der Waals surface area contributed by atoms with Crippen LogP contribution in [0.3, 0.4) is 0 Å². The third kappa shape index (κ3) is 6.08. The van der Waals surface area contributed by atoms with Crippen molar-refractivity contribution in [3.05, 3.63) is 53.1 Å². The van der Waals surface area contributed by atoms with Crippen LogP contribution in [0.5, 0.6) is 5.75 Å². The molecule has 2 aromatic rings. The Labute approximate surface area is 202 Å². The maximum Gasteiger partial charge on any atom is 0.150 e. The second-order valence-electron chi connectivity index (χ2n) is 9.95. The minimum Gasteiger partial charge on any atom is -0.497 e. The molecule has 1 aliphatic rings. The van der Waals surface area contributed by atoms with Crippen LogP contribution in [0.4, 0.5) is 0 Å². The molecule has 0 atom stereocenters. The number of hydrogen-bond acceptors (Lipinski definition) is 2. The normalized spacial score (nSPS) is 13.5. The van der Waals surface area contributed by atoms with E-state index in [2.05, 4.69) is 44.2 Å². The Morgan fingerprint density at radius 2 is 1.21 bits per heavy atom. The van der Waals surface area contributed by atoms with Crippen molar-refractivity contribution in [2.24, 2.45) is 0 Å². The highest BCUT2D eigenvalue weighted by molar-refractivity contribution is 5.85. The minimum atomic E-state index is -0.00621. The lowest BCUT2D eigenvalue weighted by molar-refractivity contribution is 0.112. The number of carbonyl (C=O) groups is 1. The summed E-state index contributed by atoms with van der Waals surface area (Å²) in [5.74, 6) is 0.937. The average Bonchev–Trinajstić information content (AvgIpc) is 3.12. The molecule has 0 N–H and O–H groups in total. The molecule has 0 bridgehead atoms. The van der Waals surface area contributed by atoms with Crippen LogP contribution in [0, 0.1) is 0 Å². The van der Waals surface area contributed by atoms with Crippen LogP contribution in [0.15, 0.2) is 36.4 Å². The lowest BCUT2D eigenvalue weighted by Gasteiger charge is -2.33. The number of hydrogen-bond donors (Lipinski definition) is 0. The second-order valence-corrected chi connectivity index (χ2v) is 9.95. The molecule has 0 heterocycles. The standard InChI is InChI=1S/C31H44O2/c1-4-6-8-10-12-14-20-31(21-15-13-11-9-7-5-2)29-22-25(24-32)16-18-27(29)28-19-17-26(33-3)23-30(28)31/h16-19,22-24H,4-15,20-21H2,1-3H3. The molecule has 3 rings (SSSR count). The number of rotatable bonds is 16. The number of benzene rings is 2. The third-order valence-corrected chi connectivity index (χ3v) is 7.64. The molecule has 0 fully saturated rings. The van der Waals surface area contributed by atoms with E-state index in [-0.39, 0.29) is 5.41 Å². The Hall–Kier alpha value is -2.09. The summed E-state index contributed by atoms with van der Waals surface area (Å²) in [5.41, 5.74) is 6.23. The van der Waals surface area contributed by atoms with E-state index in [0.717, 1.165) is 30.4 Å². The van der Waals surface area contributed by atoms with E-state index in [0.29, 0.717) is 0 Å². The summed E-state index contributed by atoms with van der Waals surface area (Å²) < 4.78 is 5.66. The number of unbranched alkanes of at least 4 members (excludes halogenated alkanes) is 10. The summed E-state index contributed by atoms with van der Waals surface area (Å²) in [6, 6.07) is 12.9. The Morgan fingerprint density at radius 3 is 1.76 bits per heavy atom. The molecule has 1 aliphatic carbocycles. The van der Waals surface area contributed by atoms with Gasteiger partial charge in [-0.25, -0.2) is 0 Å². The van der Waals surface area contributed by atoms with Gasteiger partial charge in [0.1, 0.15) is 12.0 Å². The fraction of sp³-hybridized carbons (Fsp3) is 0.581. The van der Waals surface area contributed by atoms with Crippen molar-refractivity contribution in [2.75, 3.05) is 7.11 Å². The minimum absolute atomic E-state index is 0.00621. The SMILES string of the molecule is CCCCCCCCC1(CCCCCCCC)c2cc(C=O)ccc2-c2ccc(OC)cc21. The number of fused-ring (bicyclic) bond motifs is 3. The highest BCUT2D eigenvalue weighted by Crippen LogP contribution is 2.55. The first-order chi connectivity index (χ1) is 16.2. The Morgan fingerprint density at radius 1 is 0.697 bits per heavy atom. The van der Waals surface area contributed by atoms with Crippen molar-refractivity contribution in [1.82, 2.24) is 0 Å². The molecular weight excluding hydrogens is 404 g/mol. The predicted octanol–water partition coefficient (Wildman–Crippen LogP) is 9.28. The van der Waals surface area contributed by atoms with Gasteiger partial charge in [0.2, 0.25) is 0 Å². The first kappa shape index (κ1) is 25.5. The zero-order valence-corrected chi connectivity index (χ0v) is 21.3. The summed E-state index contributed by atoms with van der Waals surface area (Å²) in [6.07, 6.45) is 19.0. The van der Waals surface area contributed by atoms with E-state index >= 15 is 0 Å². The van der Waals surface area contributed by atoms with Crippen molar-refractivity contribution in [1.29, 1.82) is 0 Å². The molecule has 2 nitrogen and oxygen atoms in total. The van der Waals surface area contributed by atoms with Crippen molar-refractivity contribution in [3.8, 4) is 16.9 Å². The van der Waals surface area contributed by atoms with Crippen molar-refractivity contribution in [3.63, 3.8) is 0 Å². The quantitative estimate of drug-likeness (QED) is 0.189. The Bertz CT molecular complexity index is 866. The summed E-state index contributed by atoms with van der Waals surface area (Å²) >= 11 is 0. The molecule has 33 heavy (non-hydrogen) atoms. The van der Waals surface area contributed by atoms with E-state index in [1.54, 1.807) is 7.11 Å². The van der Waals surface area contributed by atoms with Crippen LogP contribution in [0.1, 0.15) is 125 Å². The maximum absolute atomic E-state index is 11.7. The monoisotopic (exact) mass is 448 g/mol. The van der Waals surface area contributed by atoms with Crippen molar-refractivity contribution < 1.29 is 9.53 Å².